The van der Waals surface area contributed by atoms with E-state index in [0.29, 0.717) is 39.9 Å². The van der Waals surface area contributed by atoms with E-state index in [-0.39, 0.29) is 11.6 Å². The summed E-state index contributed by atoms with van der Waals surface area (Å²) in [5.41, 5.74) is 3.13. The molecule has 1 unspecified atom stereocenters. The van der Waals surface area contributed by atoms with Crippen molar-refractivity contribution < 1.29 is 23.9 Å². The van der Waals surface area contributed by atoms with Crippen molar-refractivity contribution in [3.05, 3.63) is 125 Å². The average Bonchev–Trinajstić information content (AvgIpc) is 3.59. The lowest BCUT2D eigenvalue weighted by molar-refractivity contribution is -0.116. The van der Waals surface area contributed by atoms with E-state index in [0.717, 1.165) is 16.2 Å². The Balaban J connectivity index is 1.29. The summed E-state index contributed by atoms with van der Waals surface area (Å²) in [6, 6.07) is 30.7. The molecule has 3 amide bonds. The summed E-state index contributed by atoms with van der Waals surface area (Å²) in [5, 5.41) is 10.5. The fraction of sp³-hybridized carbons (Fsp3) is 0.135. The number of thiazole rings is 1. The maximum Gasteiger partial charge on any atom is 0.272 e. The van der Waals surface area contributed by atoms with E-state index >= 15 is 0 Å². The standard InChI is InChI=1S/C37H34N4O5S2/c1-4-33(36(44)41-37-40-30(23-47-37)28-18-9-11-20-32(28)46-3)48-27-17-12-16-26(22-27)38-35(43)29(21-25-15-8-10-19-31(25)45-2)39-34(42)24-13-6-5-7-14-24/h5-23,33H,4H2,1-3H3,(H,38,43)(H,39,42)(H,40,41,44)/b29-21+. The molecule has 0 fully saturated rings. The minimum Gasteiger partial charge on any atom is -0.496 e. The zero-order valence-electron chi connectivity index (χ0n) is 26.6. The molecule has 0 aliphatic heterocycles. The van der Waals surface area contributed by atoms with Crippen LogP contribution in [0.25, 0.3) is 17.3 Å². The lowest BCUT2D eigenvalue weighted by Gasteiger charge is -2.15. The number of para-hydroxylation sites is 2. The van der Waals surface area contributed by atoms with Gasteiger partial charge in [-0.25, -0.2) is 4.98 Å². The molecule has 0 bridgehead atoms. The molecule has 4 aromatic carbocycles. The maximum absolute atomic E-state index is 13.6. The van der Waals surface area contributed by atoms with Crippen LogP contribution in [0.1, 0.15) is 29.3 Å². The third kappa shape index (κ3) is 8.69. The number of nitrogens with one attached hydrogen (secondary N) is 3. The topological polar surface area (TPSA) is 119 Å². The maximum atomic E-state index is 13.6. The first-order chi connectivity index (χ1) is 23.4. The Kier molecular flexibility index (Phi) is 11.6. The van der Waals surface area contributed by atoms with E-state index in [1.807, 2.05) is 60.8 Å². The van der Waals surface area contributed by atoms with Crippen molar-refractivity contribution in [2.75, 3.05) is 24.9 Å². The second kappa shape index (κ2) is 16.4. The molecule has 0 saturated carbocycles. The number of amides is 3. The Labute approximate surface area is 287 Å². The molecule has 0 saturated heterocycles. The molecule has 0 aliphatic rings. The second-order valence-electron chi connectivity index (χ2n) is 10.3. The van der Waals surface area contributed by atoms with Crippen molar-refractivity contribution >= 4 is 57.7 Å². The van der Waals surface area contributed by atoms with Gasteiger partial charge in [0.25, 0.3) is 11.8 Å². The molecule has 1 atom stereocenters. The molecule has 5 rings (SSSR count). The zero-order valence-corrected chi connectivity index (χ0v) is 28.2. The number of carbonyl (C=O) groups excluding carboxylic acids is 3. The van der Waals surface area contributed by atoms with Crippen LogP contribution in [0.2, 0.25) is 0 Å². The van der Waals surface area contributed by atoms with Crippen LogP contribution in [0.15, 0.2) is 119 Å². The summed E-state index contributed by atoms with van der Waals surface area (Å²) < 4.78 is 10.9. The third-order valence-electron chi connectivity index (χ3n) is 7.12. The first-order valence-electron chi connectivity index (χ1n) is 15.1. The highest BCUT2D eigenvalue weighted by molar-refractivity contribution is 8.00. The van der Waals surface area contributed by atoms with Gasteiger partial charge in [-0.15, -0.1) is 23.1 Å². The Morgan fingerprint density at radius 2 is 1.56 bits per heavy atom. The van der Waals surface area contributed by atoms with Crippen LogP contribution >= 0.6 is 23.1 Å². The van der Waals surface area contributed by atoms with Crippen molar-refractivity contribution in [3.63, 3.8) is 0 Å². The van der Waals surface area contributed by atoms with Gasteiger partial charge < -0.3 is 25.4 Å². The van der Waals surface area contributed by atoms with Gasteiger partial charge in [-0.2, -0.15) is 0 Å². The quantitative estimate of drug-likeness (QED) is 0.0861. The zero-order chi connectivity index (χ0) is 33.9. The van der Waals surface area contributed by atoms with Crippen LogP contribution < -0.4 is 25.4 Å². The molecule has 244 valence electrons. The van der Waals surface area contributed by atoms with Gasteiger partial charge in [0.05, 0.1) is 25.2 Å². The minimum atomic E-state index is -0.522. The monoisotopic (exact) mass is 678 g/mol. The van der Waals surface area contributed by atoms with Crippen LogP contribution in [-0.4, -0.2) is 42.2 Å². The molecule has 1 heterocycles. The van der Waals surface area contributed by atoms with Crippen LogP contribution in [-0.2, 0) is 9.59 Å². The van der Waals surface area contributed by atoms with E-state index in [9.17, 15) is 14.4 Å². The highest BCUT2D eigenvalue weighted by Crippen LogP contribution is 2.33. The van der Waals surface area contributed by atoms with Crippen molar-refractivity contribution in [2.24, 2.45) is 0 Å². The smallest absolute Gasteiger partial charge is 0.272 e. The largest absolute Gasteiger partial charge is 0.496 e. The lowest BCUT2D eigenvalue weighted by atomic mass is 10.1. The summed E-state index contributed by atoms with van der Waals surface area (Å²) in [6.07, 6.45) is 2.14. The summed E-state index contributed by atoms with van der Waals surface area (Å²) in [6.45, 7) is 1.94. The van der Waals surface area contributed by atoms with E-state index in [1.54, 1.807) is 67.8 Å². The van der Waals surface area contributed by atoms with Gasteiger partial charge in [0.15, 0.2) is 5.13 Å². The molecule has 0 radical (unpaired) electrons. The summed E-state index contributed by atoms with van der Waals surface area (Å²) in [4.78, 5) is 45.3. The number of anilines is 2. The second-order valence-corrected chi connectivity index (χ2v) is 12.5. The Hall–Kier alpha value is -5.39. The Bertz CT molecular complexity index is 1930. The molecule has 0 aliphatic carbocycles. The Morgan fingerprint density at radius 3 is 2.31 bits per heavy atom. The first kappa shape index (κ1) is 34.0. The molecule has 3 N–H and O–H groups in total. The number of ether oxygens (including phenoxy) is 2. The molecule has 11 heteroatoms. The van der Waals surface area contributed by atoms with Crippen LogP contribution in [0.4, 0.5) is 10.8 Å². The third-order valence-corrected chi connectivity index (χ3v) is 9.23. The summed E-state index contributed by atoms with van der Waals surface area (Å²) in [7, 11) is 3.15. The van der Waals surface area contributed by atoms with Gasteiger partial charge in [0, 0.05) is 32.7 Å². The fourth-order valence-electron chi connectivity index (χ4n) is 4.71. The minimum absolute atomic E-state index is 0.0353. The molecular weight excluding hydrogens is 645 g/mol. The highest BCUT2D eigenvalue weighted by Gasteiger charge is 2.21. The number of nitrogens with zero attached hydrogens (tertiary/aromatic N) is 1. The molecule has 48 heavy (non-hydrogen) atoms. The van der Waals surface area contributed by atoms with Crippen molar-refractivity contribution in [3.8, 4) is 22.8 Å². The SMILES string of the molecule is CCC(Sc1cccc(NC(=O)/C(=C\c2ccccc2OC)NC(=O)c2ccccc2)c1)C(=O)Nc1nc(-c2ccccc2OC)cs1. The van der Waals surface area contributed by atoms with E-state index in [2.05, 4.69) is 20.9 Å². The number of rotatable bonds is 13. The van der Waals surface area contributed by atoms with Crippen LogP contribution in [0.5, 0.6) is 11.5 Å². The molecule has 5 aromatic rings. The predicted molar refractivity (Wildman–Crippen MR) is 193 cm³/mol. The van der Waals surface area contributed by atoms with Gasteiger partial charge in [-0.1, -0.05) is 61.5 Å². The van der Waals surface area contributed by atoms with Gasteiger partial charge >= 0.3 is 0 Å². The van der Waals surface area contributed by atoms with Gasteiger partial charge in [-0.05, 0) is 61.0 Å². The number of hydrogen-bond acceptors (Lipinski definition) is 8. The molecular formula is C37H34N4O5S2. The van der Waals surface area contributed by atoms with E-state index in [4.69, 9.17) is 9.47 Å². The number of aromatic nitrogens is 1. The summed E-state index contributed by atoms with van der Waals surface area (Å²) in [5.74, 6) is 0.127. The molecule has 0 spiro atoms. The van der Waals surface area contributed by atoms with Crippen LogP contribution in [0.3, 0.4) is 0 Å². The Morgan fingerprint density at radius 1 is 0.854 bits per heavy atom. The fourth-order valence-corrected chi connectivity index (χ4v) is 6.44. The van der Waals surface area contributed by atoms with Gasteiger partial charge in [0.2, 0.25) is 5.91 Å². The first-order valence-corrected chi connectivity index (χ1v) is 16.8. The molecule has 9 nitrogen and oxygen atoms in total. The number of hydrogen-bond donors (Lipinski definition) is 3. The van der Waals surface area contributed by atoms with Crippen molar-refractivity contribution in [1.29, 1.82) is 0 Å². The number of benzene rings is 4. The lowest BCUT2D eigenvalue weighted by Crippen LogP contribution is -2.30. The van der Waals surface area contributed by atoms with Gasteiger partial charge in [0.1, 0.15) is 17.2 Å². The van der Waals surface area contributed by atoms with Crippen molar-refractivity contribution in [2.45, 2.75) is 23.5 Å². The summed E-state index contributed by atoms with van der Waals surface area (Å²) >= 11 is 2.73. The number of methoxy groups -OCH3 is 2. The number of thioether (sulfide) groups is 1. The van der Waals surface area contributed by atoms with Crippen LogP contribution in [0, 0.1) is 0 Å². The highest BCUT2D eigenvalue weighted by atomic mass is 32.2. The normalized spacial score (nSPS) is 11.7. The van der Waals surface area contributed by atoms with Gasteiger partial charge in [-0.3, -0.25) is 14.4 Å². The molecule has 1 aromatic heterocycles. The number of carbonyl (C=O) groups is 3. The van der Waals surface area contributed by atoms with E-state index in [1.165, 1.54) is 30.2 Å². The predicted octanol–water partition coefficient (Wildman–Crippen LogP) is 7.75. The van der Waals surface area contributed by atoms with E-state index < -0.39 is 17.1 Å². The average molecular weight is 679 g/mol. The van der Waals surface area contributed by atoms with Crippen molar-refractivity contribution in [1.82, 2.24) is 10.3 Å².